The van der Waals surface area contributed by atoms with E-state index in [9.17, 15) is 4.79 Å². The number of rotatable bonds is 3. The van der Waals surface area contributed by atoms with Crippen molar-refractivity contribution in [3.05, 3.63) is 65.7 Å². The van der Waals surface area contributed by atoms with Gasteiger partial charge in [-0.3, -0.25) is 4.79 Å². The van der Waals surface area contributed by atoms with Crippen LogP contribution < -0.4 is 15.8 Å². The first kappa shape index (κ1) is 14.8. The molecule has 2 aromatic rings. The van der Waals surface area contributed by atoms with E-state index in [0.717, 1.165) is 12.1 Å². The molecule has 0 aliphatic carbocycles. The molecule has 4 heteroatoms. The van der Waals surface area contributed by atoms with E-state index in [0.29, 0.717) is 0 Å². The lowest BCUT2D eigenvalue weighted by Crippen LogP contribution is -2.44. The molecule has 0 spiro atoms. The number of benzene rings is 2. The van der Waals surface area contributed by atoms with Crippen molar-refractivity contribution in [2.24, 2.45) is 0 Å². The lowest BCUT2D eigenvalue weighted by Gasteiger charge is -2.20. The molecule has 22 heavy (non-hydrogen) atoms. The molecule has 2 N–H and O–H groups in total. The van der Waals surface area contributed by atoms with Gasteiger partial charge in [-0.15, -0.1) is 0 Å². The maximum Gasteiger partial charge on any atom is 0.245 e. The summed E-state index contributed by atoms with van der Waals surface area (Å²) in [6.07, 6.45) is 0.749. The van der Waals surface area contributed by atoms with Crippen LogP contribution in [0.2, 0.25) is 0 Å². The summed E-state index contributed by atoms with van der Waals surface area (Å²) in [5, 5.41) is 0. The van der Waals surface area contributed by atoms with E-state index in [-0.39, 0.29) is 18.0 Å². The number of carbonyl (C=O) groups is 1. The van der Waals surface area contributed by atoms with Crippen LogP contribution in [-0.4, -0.2) is 19.0 Å². The Kier molecular flexibility index (Phi) is 4.22. The third-order valence-corrected chi connectivity index (χ3v) is 4.16. The summed E-state index contributed by atoms with van der Waals surface area (Å²) in [6, 6.07) is 18.1. The Morgan fingerprint density at radius 3 is 2.41 bits per heavy atom. The Morgan fingerprint density at radius 1 is 1.05 bits per heavy atom. The summed E-state index contributed by atoms with van der Waals surface area (Å²) in [6.45, 7) is 2.07. The molecule has 1 heterocycles. The zero-order valence-electron chi connectivity index (χ0n) is 12.9. The number of likely N-dealkylation sites (N-methyl/N-ethyl adjacent to an activating group) is 1. The number of hydrogen-bond donors (Lipinski definition) is 2. The van der Waals surface area contributed by atoms with Crippen molar-refractivity contribution >= 4 is 11.6 Å². The van der Waals surface area contributed by atoms with Crippen LogP contribution >= 0.6 is 0 Å². The third-order valence-electron chi connectivity index (χ3n) is 4.16. The van der Waals surface area contributed by atoms with Gasteiger partial charge in [0.05, 0.1) is 0 Å². The molecule has 114 valence electrons. The van der Waals surface area contributed by atoms with Gasteiger partial charge in [0.2, 0.25) is 5.91 Å². The van der Waals surface area contributed by atoms with E-state index in [4.69, 9.17) is 0 Å². The van der Waals surface area contributed by atoms with Gasteiger partial charge in [-0.25, -0.2) is 10.9 Å². The quantitative estimate of drug-likeness (QED) is 0.914. The molecule has 3 rings (SSSR count). The van der Waals surface area contributed by atoms with Crippen LogP contribution in [0.25, 0.3) is 0 Å². The first-order valence-corrected chi connectivity index (χ1v) is 7.55. The SMILES string of the molecule is Cc1ccc(C2CC(C(=O)N(C)c3ccccc3)NN2)cc1. The van der Waals surface area contributed by atoms with E-state index >= 15 is 0 Å². The smallest absolute Gasteiger partial charge is 0.245 e. The van der Waals surface area contributed by atoms with E-state index in [1.807, 2.05) is 37.4 Å². The average molecular weight is 295 g/mol. The molecule has 2 atom stereocenters. The summed E-state index contributed by atoms with van der Waals surface area (Å²) in [7, 11) is 1.82. The van der Waals surface area contributed by atoms with E-state index in [2.05, 4.69) is 42.0 Å². The highest BCUT2D eigenvalue weighted by Crippen LogP contribution is 2.24. The van der Waals surface area contributed by atoms with Gasteiger partial charge in [0.1, 0.15) is 6.04 Å². The Hall–Kier alpha value is -2.17. The van der Waals surface area contributed by atoms with Crippen molar-refractivity contribution in [2.45, 2.75) is 25.4 Å². The Balaban J connectivity index is 1.67. The zero-order chi connectivity index (χ0) is 15.5. The highest BCUT2D eigenvalue weighted by atomic mass is 16.2. The first-order valence-electron chi connectivity index (χ1n) is 7.55. The predicted octanol–water partition coefficient (Wildman–Crippen LogP) is 2.57. The number of para-hydroxylation sites is 1. The minimum absolute atomic E-state index is 0.0771. The number of nitrogens with zero attached hydrogens (tertiary/aromatic N) is 1. The number of anilines is 1. The lowest BCUT2D eigenvalue weighted by molar-refractivity contribution is -0.120. The second kappa shape index (κ2) is 6.30. The Labute approximate surface area is 131 Å². The van der Waals surface area contributed by atoms with Gasteiger partial charge in [-0.1, -0.05) is 48.0 Å². The zero-order valence-corrected chi connectivity index (χ0v) is 12.9. The molecule has 0 bridgehead atoms. The predicted molar refractivity (Wildman–Crippen MR) is 88.4 cm³/mol. The van der Waals surface area contributed by atoms with E-state index in [1.54, 1.807) is 4.90 Å². The lowest BCUT2D eigenvalue weighted by atomic mass is 10.0. The fourth-order valence-electron chi connectivity index (χ4n) is 2.75. The first-order chi connectivity index (χ1) is 10.6. The molecule has 0 saturated carbocycles. The second-order valence-electron chi connectivity index (χ2n) is 5.77. The van der Waals surface area contributed by atoms with Crippen LogP contribution in [-0.2, 0) is 4.79 Å². The van der Waals surface area contributed by atoms with Gasteiger partial charge in [-0.2, -0.15) is 0 Å². The molecule has 2 aromatic carbocycles. The molecule has 1 fully saturated rings. The van der Waals surface area contributed by atoms with Gasteiger partial charge in [0.15, 0.2) is 0 Å². The Morgan fingerprint density at radius 2 is 1.73 bits per heavy atom. The van der Waals surface area contributed by atoms with Crippen molar-refractivity contribution in [2.75, 3.05) is 11.9 Å². The molecule has 4 nitrogen and oxygen atoms in total. The molecule has 2 unspecified atom stereocenters. The molecule has 1 aliphatic heterocycles. The fourth-order valence-corrected chi connectivity index (χ4v) is 2.75. The van der Waals surface area contributed by atoms with Gasteiger partial charge < -0.3 is 4.90 Å². The molecule has 0 radical (unpaired) electrons. The number of hydrogen-bond acceptors (Lipinski definition) is 3. The van der Waals surface area contributed by atoms with Crippen molar-refractivity contribution in [1.82, 2.24) is 10.9 Å². The van der Waals surface area contributed by atoms with Crippen LogP contribution in [0.3, 0.4) is 0 Å². The second-order valence-corrected chi connectivity index (χ2v) is 5.77. The van der Waals surface area contributed by atoms with Crippen LogP contribution in [0.5, 0.6) is 0 Å². The van der Waals surface area contributed by atoms with Crippen molar-refractivity contribution in [1.29, 1.82) is 0 Å². The van der Waals surface area contributed by atoms with Crippen molar-refractivity contribution < 1.29 is 4.79 Å². The number of carbonyl (C=O) groups excluding carboxylic acids is 1. The largest absolute Gasteiger partial charge is 0.314 e. The summed E-state index contributed by atoms with van der Waals surface area (Å²) < 4.78 is 0. The van der Waals surface area contributed by atoms with Crippen LogP contribution in [0, 0.1) is 6.92 Å². The number of amides is 1. The van der Waals surface area contributed by atoms with Crippen LogP contribution in [0.4, 0.5) is 5.69 Å². The maximum absolute atomic E-state index is 12.6. The van der Waals surface area contributed by atoms with Gasteiger partial charge in [0, 0.05) is 18.8 Å². The topological polar surface area (TPSA) is 44.4 Å². The summed E-state index contributed by atoms with van der Waals surface area (Å²) >= 11 is 0. The summed E-state index contributed by atoms with van der Waals surface area (Å²) in [5.41, 5.74) is 9.72. The molecular formula is C18H21N3O. The monoisotopic (exact) mass is 295 g/mol. The standard InChI is InChI=1S/C18H21N3O/c1-13-8-10-14(11-9-13)16-12-17(20-19-16)18(22)21(2)15-6-4-3-5-7-15/h3-11,16-17,19-20H,12H2,1-2H3. The fraction of sp³-hybridized carbons (Fsp3) is 0.278. The van der Waals surface area contributed by atoms with Gasteiger partial charge in [0.25, 0.3) is 0 Å². The van der Waals surface area contributed by atoms with E-state index < -0.39 is 0 Å². The number of hydrazine groups is 1. The van der Waals surface area contributed by atoms with Gasteiger partial charge >= 0.3 is 0 Å². The highest BCUT2D eigenvalue weighted by Gasteiger charge is 2.32. The molecule has 1 amide bonds. The molecular weight excluding hydrogens is 274 g/mol. The number of nitrogens with one attached hydrogen (secondary N) is 2. The molecule has 1 saturated heterocycles. The summed E-state index contributed by atoms with van der Waals surface area (Å²) in [5.74, 6) is 0.0771. The molecule has 1 aliphatic rings. The summed E-state index contributed by atoms with van der Waals surface area (Å²) in [4.78, 5) is 14.3. The maximum atomic E-state index is 12.6. The highest BCUT2D eigenvalue weighted by molar-refractivity contribution is 5.96. The normalized spacial score (nSPS) is 20.8. The Bertz CT molecular complexity index is 639. The van der Waals surface area contributed by atoms with Crippen molar-refractivity contribution in [3.8, 4) is 0 Å². The average Bonchev–Trinajstić information content (AvgIpc) is 3.05. The minimum Gasteiger partial charge on any atom is -0.314 e. The number of aryl methyl sites for hydroxylation is 1. The van der Waals surface area contributed by atoms with Crippen molar-refractivity contribution in [3.63, 3.8) is 0 Å². The van der Waals surface area contributed by atoms with Gasteiger partial charge in [-0.05, 0) is 31.0 Å². The van der Waals surface area contributed by atoms with E-state index in [1.165, 1.54) is 11.1 Å². The third kappa shape index (κ3) is 3.03. The minimum atomic E-state index is -0.212. The molecule has 0 aromatic heterocycles. The van der Waals surface area contributed by atoms with Crippen LogP contribution in [0.1, 0.15) is 23.6 Å². The van der Waals surface area contributed by atoms with Crippen LogP contribution in [0.15, 0.2) is 54.6 Å².